The molecule has 0 aliphatic rings. The molecular weight excluding hydrogens is 210 g/mol. The number of rotatable bonds is 3. The summed E-state index contributed by atoms with van der Waals surface area (Å²) in [7, 11) is 0. The van der Waals surface area contributed by atoms with Gasteiger partial charge in [-0.3, -0.25) is 11.3 Å². The van der Waals surface area contributed by atoms with Crippen molar-refractivity contribution in [2.75, 3.05) is 0 Å². The standard InChI is InChI=1S/C9H11ClF2N2/c1-2-9(14-13)5-3-8(12)6(10)4-7(5)11/h3-4,9,14H,2,13H2,1H3. The summed E-state index contributed by atoms with van der Waals surface area (Å²) in [5, 5.41) is -0.224. The van der Waals surface area contributed by atoms with Crippen molar-refractivity contribution in [3.63, 3.8) is 0 Å². The highest BCUT2D eigenvalue weighted by Crippen LogP contribution is 2.24. The van der Waals surface area contributed by atoms with Crippen LogP contribution in [0.5, 0.6) is 0 Å². The largest absolute Gasteiger partial charge is 0.271 e. The van der Waals surface area contributed by atoms with Crippen molar-refractivity contribution >= 4 is 11.6 Å². The zero-order chi connectivity index (χ0) is 10.7. The Morgan fingerprint density at radius 2 is 2.07 bits per heavy atom. The van der Waals surface area contributed by atoms with Crippen molar-refractivity contribution in [3.05, 3.63) is 34.4 Å². The summed E-state index contributed by atoms with van der Waals surface area (Å²) in [5.74, 6) is 4.00. The van der Waals surface area contributed by atoms with E-state index in [4.69, 9.17) is 17.4 Å². The van der Waals surface area contributed by atoms with Crippen molar-refractivity contribution in [2.24, 2.45) is 5.84 Å². The molecule has 0 bridgehead atoms. The lowest BCUT2D eigenvalue weighted by Crippen LogP contribution is -2.28. The Hall–Kier alpha value is -0.710. The van der Waals surface area contributed by atoms with Crippen molar-refractivity contribution < 1.29 is 8.78 Å². The summed E-state index contributed by atoms with van der Waals surface area (Å²) in [6, 6.07) is 1.61. The summed E-state index contributed by atoms with van der Waals surface area (Å²) in [5.41, 5.74) is 2.60. The molecule has 0 radical (unpaired) electrons. The van der Waals surface area contributed by atoms with Crippen LogP contribution in [-0.4, -0.2) is 0 Å². The van der Waals surface area contributed by atoms with Gasteiger partial charge < -0.3 is 0 Å². The van der Waals surface area contributed by atoms with Crippen LogP contribution in [0.1, 0.15) is 24.9 Å². The summed E-state index contributed by atoms with van der Waals surface area (Å²) in [6.45, 7) is 1.82. The molecule has 14 heavy (non-hydrogen) atoms. The Bertz CT molecular complexity index is 327. The maximum absolute atomic E-state index is 13.3. The van der Waals surface area contributed by atoms with Crippen LogP contribution in [0, 0.1) is 11.6 Å². The molecular formula is C9H11ClF2N2. The van der Waals surface area contributed by atoms with Crippen LogP contribution >= 0.6 is 11.6 Å². The number of nitrogens with two attached hydrogens (primary N) is 1. The number of hydrazine groups is 1. The number of hydrogen-bond acceptors (Lipinski definition) is 2. The molecule has 0 aliphatic carbocycles. The zero-order valence-corrected chi connectivity index (χ0v) is 8.41. The van der Waals surface area contributed by atoms with Crippen molar-refractivity contribution in [2.45, 2.75) is 19.4 Å². The van der Waals surface area contributed by atoms with E-state index in [9.17, 15) is 8.78 Å². The second kappa shape index (κ2) is 4.68. The molecule has 5 heteroatoms. The molecule has 1 rings (SSSR count). The lowest BCUT2D eigenvalue weighted by atomic mass is 10.0. The first-order valence-corrected chi connectivity index (χ1v) is 4.58. The molecule has 3 N–H and O–H groups in total. The van der Waals surface area contributed by atoms with E-state index in [1.165, 1.54) is 0 Å². The summed E-state index contributed by atoms with van der Waals surface area (Å²) >= 11 is 5.41. The van der Waals surface area contributed by atoms with E-state index in [2.05, 4.69) is 5.43 Å². The maximum atomic E-state index is 13.3. The molecule has 0 saturated carbocycles. The molecule has 78 valence electrons. The molecule has 0 aromatic heterocycles. The molecule has 0 amide bonds. The first-order chi connectivity index (χ1) is 6.60. The molecule has 0 aliphatic heterocycles. The Morgan fingerprint density at radius 1 is 1.43 bits per heavy atom. The van der Waals surface area contributed by atoms with Gasteiger partial charge >= 0.3 is 0 Å². The lowest BCUT2D eigenvalue weighted by molar-refractivity contribution is 0.494. The van der Waals surface area contributed by atoms with E-state index < -0.39 is 17.7 Å². The fourth-order valence-electron chi connectivity index (χ4n) is 1.23. The zero-order valence-electron chi connectivity index (χ0n) is 7.65. The fraction of sp³-hybridized carbons (Fsp3) is 0.333. The molecule has 0 saturated heterocycles. The molecule has 0 spiro atoms. The Morgan fingerprint density at radius 3 is 2.57 bits per heavy atom. The van der Waals surface area contributed by atoms with Gasteiger partial charge in [0.2, 0.25) is 0 Å². The average molecular weight is 221 g/mol. The smallest absolute Gasteiger partial charge is 0.142 e. The highest BCUT2D eigenvalue weighted by atomic mass is 35.5. The van der Waals surface area contributed by atoms with Crippen LogP contribution in [0.3, 0.4) is 0 Å². The maximum Gasteiger partial charge on any atom is 0.142 e. The van der Waals surface area contributed by atoms with Gasteiger partial charge in [-0.15, -0.1) is 0 Å². The van der Waals surface area contributed by atoms with Gasteiger partial charge in [0.05, 0.1) is 5.02 Å². The van der Waals surface area contributed by atoms with E-state index in [-0.39, 0.29) is 10.6 Å². The fourth-order valence-corrected chi connectivity index (χ4v) is 1.38. The van der Waals surface area contributed by atoms with Gasteiger partial charge in [0.1, 0.15) is 11.6 Å². The number of halogens is 3. The molecule has 1 atom stereocenters. The van der Waals surface area contributed by atoms with Gasteiger partial charge in [0.25, 0.3) is 0 Å². The minimum Gasteiger partial charge on any atom is -0.271 e. The van der Waals surface area contributed by atoms with Gasteiger partial charge in [-0.1, -0.05) is 18.5 Å². The topological polar surface area (TPSA) is 38.0 Å². The number of benzene rings is 1. The molecule has 2 nitrogen and oxygen atoms in total. The molecule has 1 unspecified atom stereocenters. The molecule has 0 heterocycles. The minimum atomic E-state index is -0.642. The van der Waals surface area contributed by atoms with Gasteiger partial charge in [0.15, 0.2) is 0 Å². The highest BCUT2D eigenvalue weighted by molar-refractivity contribution is 6.30. The minimum absolute atomic E-state index is 0.192. The van der Waals surface area contributed by atoms with Crippen LogP contribution in [-0.2, 0) is 0 Å². The van der Waals surface area contributed by atoms with E-state index in [0.29, 0.717) is 6.42 Å². The van der Waals surface area contributed by atoms with Crippen molar-refractivity contribution in [1.82, 2.24) is 5.43 Å². The third-order valence-electron chi connectivity index (χ3n) is 2.02. The Kier molecular flexibility index (Phi) is 3.80. The van der Waals surface area contributed by atoms with Gasteiger partial charge in [-0.25, -0.2) is 8.78 Å². The van der Waals surface area contributed by atoms with Crippen LogP contribution in [0.25, 0.3) is 0 Å². The molecule has 1 aromatic carbocycles. The third-order valence-corrected chi connectivity index (χ3v) is 2.31. The van der Waals surface area contributed by atoms with Gasteiger partial charge in [-0.05, 0) is 18.6 Å². The van der Waals surface area contributed by atoms with Crippen LogP contribution in [0.4, 0.5) is 8.78 Å². The third kappa shape index (κ3) is 2.20. The average Bonchev–Trinajstić information content (AvgIpc) is 2.15. The first-order valence-electron chi connectivity index (χ1n) is 4.20. The normalized spacial score (nSPS) is 12.9. The number of hydrogen-bond donors (Lipinski definition) is 2. The highest BCUT2D eigenvalue weighted by Gasteiger charge is 2.15. The first kappa shape index (κ1) is 11.4. The van der Waals surface area contributed by atoms with Gasteiger partial charge in [0, 0.05) is 11.6 Å². The van der Waals surface area contributed by atoms with Gasteiger partial charge in [-0.2, -0.15) is 0 Å². The Balaban J connectivity index is 3.14. The molecule has 1 aromatic rings. The second-order valence-electron chi connectivity index (χ2n) is 2.92. The van der Waals surface area contributed by atoms with E-state index in [1.54, 1.807) is 0 Å². The van der Waals surface area contributed by atoms with E-state index in [1.807, 2.05) is 6.92 Å². The summed E-state index contributed by atoms with van der Waals surface area (Å²) in [6.07, 6.45) is 0.564. The summed E-state index contributed by atoms with van der Waals surface area (Å²) in [4.78, 5) is 0. The predicted octanol–water partition coefficient (Wildman–Crippen LogP) is 2.53. The van der Waals surface area contributed by atoms with Crippen molar-refractivity contribution in [1.29, 1.82) is 0 Å². The Labute approximate surface area is 86.0 Å². The van der Waals surface area contributed by atoms with Crippen LogP contribution in [0.2, 0.25) is 5.02 Å². The monoisotopic (exact) mass is 220 g/mol. The molecule has 0 fully saturated rings. The summed E-state index contributed by atoms with van der Waals surface area (Å²) < 4.78 is 26.3. The second-order valence-corrected chi connectivity index (χ2v) is 3.32. The quantitative estimate of drug-likeness (QED) is 0.467. The number of nitrogens with one attached hydrogen (secondary N) is 1. The van der Waals surface area contributed by atoms with Crippen molar-refractivity contribution in [3.8, 4) is 0 Å². The van der Waals surface area contributed by atoms with E-state index >= 15 is 0 Å². The van der Waals surface area contributed by atoms with E-state index in [0.717, 1.165) is 12.1 Å². The van der Waals surface area contributed by atoms with Crippen LogP contribution in [0.15, 0.2) is 12.1 Å². The predicted molar refractivity (Wildman–Crippen MR) is 51.7 cm³/mol. The van der Waals surface area contributed by atoms with Crippen LogP contribution < -0.4 is 11.3 Å². The SMILES string of the molecule is CCC(NN)c1cc(F)c(Cl)cc1F. The lowest BCUT2D eigenvalue weighted by Gasteiger charge is -2.15.